The molecule has 1 fully saturated rings. The number of amides is 2. The summed E-state index contributed by atoms with van der Waals surface area (Å²) in [6, 6.07) is 8.86. The van der Waals surface area contributed by atoms with Crippen molar-refractivity contribution in [3.05, 3.63) is 46.9 Å². The van der Waals surface area contributed by atoms with Gasteiger partial charge in [-0.1, -0.05) is 11.6 Å². The van der Waals surface area contributed by atoms with Crippen LogP contribution >= 0.6 is 11.6 Å². The Morgan fingerprint density at radius 2 is 1.65 bits per heavy atom. The number of nitrogens with one attached hydrogen (secondary N) is 1. The number of benzene rings is 1. The second-order valence-electron chi connectivity index (χ2n) is 6.12. The Labute approximate surface area is 157 Å². The third kappa shape index (κ3) is 4.29. The van der Waals surface area contributed by atoms with Gasteiger partial charge in [-0.3, -0.25) is 9.59 Å². The molecule has 1 aliphatic rings. The molecule has 0 saturated carbocycles. The highest BCUT2D eigenvalue weighted by atomic mass is 35.5. The van der Waals surface area contributed by atoms with E-state index in [0.717, 1.165) is 5.69 Å². The quantitative estimate of drug-likeness (QED) is 0.894. The van der Waals surface area contributed by atoms with Crippen LogP contribution in [0.25, 0.3) is 0 Å². The van der Waals surface area contributed by atoms with Crippen LogP contribution in [0.5, 0.6) is 0 Å². The molecule has 3 rings (SSSR count). The zero-order valence-corrected chi connectivity index (χ0v) is 15.5. The molecule has 1 aromatic carbocycles. The van der Waals surface area contributed by atoms with Crippen molar-refractivity contribution in [2.24, 2.45) is 0 Å². The Balaban J connectivity index is 1.73. The summed E-state index contributed by atoms with van der Waals surface area (Å²) < 4.78 is 0. The van der Waals surface area contributed by atoms with Crippen LogP contribution in [0.1, 0.15) is 23.2 Å². The molecule has 0 bridgehead atoms. The molecule has 0 radical (unpaired) electrons. The van der Waals surface area contributed by atoms with Crippen molar-refractivity contribution in [1.29, 1.82) is 0 Å². The van der Waals surface area contributed by atoms with Gasteiger partial charge in [0.15, 0.2) is 0 Å². The third-order valence-corrected chi connectivity index (χ3v) is 4.44. The fourth-order valence-corrected chi connectivity index (χ4v) is 2.93. The van der Waals surface area contributed by atoms with E-state index in [4.69, 9.17) is 11.6 Å². The molecule has 26 heavy (non-hydrogen) atoms. The van der Waals surface area contributed by atoms with Crippen LogP contribution in [-0.2, 0) is 4.79 Å². The zero-order valence-electron chi connectivity index (χ0n) is 14.7. The normalized spacial score (nSPS) is 14.3. The number of piperazine rings is 1. The number of anilines is 2. The number of carbonyl (C=O) groups excluding carboxylic acids is 2. The van der Waals surface area contributed by atoms with Crippen LogP contribution in [0.4, 0.5) is 11.5 Å². The smallest absolute Gasteiger partial charge is 0.272 e. The second kappa shape index (κ2) is 7.70. The molecule has 0 atom stereocenters. The van der Waals surface area contributed by atoms with Crippen molar-refractivity contribution in [3.8, 4) is 0 Å². The molecule has 1 N–H and O–H groups in total. The van der Waals surface area contributed by atoms with E-state index >= 15 is 0 Å². The first-order valence-corrected chi connectivity index (χ1v) is 8.73. The van der Waals surface area contributed by atoms with Crippen LogP contribution in [0, 0.1) is 6.92 Å². The Kier molecular flexibility index (Phi) is 5.37. The minimum atomic E-state index is -0.155. The van der Waals surface area contributed by atoms with Gasteiger partial charge in [0.25, 0.3) is 5.91 Å². The molecule has 8 heteroatoms. The molecule has 2 heterocycles. The van der Waals surface area contributed by atoms with Gasteiger partial charge in [0.2, 0.25) is 5.91 Å². The number of rotatable bonds is 3. The molecule has 0 spiro atoms. The van der Waals surface area contributed by atoms with Crippen LogP contribution < -0.4 is 5.32 Å². The standard InChI is InChI=1S/C18H20ClN5O2/c1-12-20-16(18(26)24-9-7-23(8-10-24)13(2)25)11-17(21-12)22-15-5-3-14(19)4-6-15/h3-6,11H,7-10H2,1-2H3,(H,20,21,22). The molecule has 7 nitrogen and oxygen atoms in total. The lowest BCUT2D eigenvalue weighted by Gasteiger charge is -2.34. The van der Waals surface area contributed by atoms with E-state index in [9.17, 15) is 9.59 Å². The topological polar surface area (TPSA) is 78.4 Å². The van der Waals surface area contributed by atoms with Crippen molar-refractivity contribution in [1.82, 2.24) is 19.8 Å². The number of carbonyl (C=O) groups is 2. The van der Waals surface area contributed by atoms with E-state index in [0.29, 0.717) is 48.5 Å². The summed E-state index contributed by atoms with van der Waals surface area (Å²) in [7, 11) is 0. The van der Waals surface area contributed by atoms with Gasteiger partial charge in [-0.2, -0.15) is 0 Å². The Morgan fingerprint density at radius 1 is 1.04 bits per heavy atom. The maximum atomic E-state index is 12.8. The number of halogens is 1. The average molecular weight is 374 g/mol. The van der Waals surface area contributed by atoms with Gasteiger partial charge in [0, 0.05) is 49.9 Å². The molecule has 2 amide bonds. The van der Waals surface area contributed by atoms with E-state index in [1.807, 2.05) is 12.1 Å². The Bertz CT molecular complexity index is 817. The van der Waals surface area contributed by atoms with E-state index in [-0.39, 0.29) is 11.8 Å². The summed E-state index contributed by atoms with van der Waals surface area (Å²) in [5, 5.41) is 3.81. The van der Waals surface area contributed by atoms with Crippen molar-refractivity contribution in [2.45, 2.75) is 13.8 Å². The van der Waals surface area contributed by atoms with Gasteiger partial charge in [-0.05, 0) is 31.2 Å². The minimum Gasteiger partial charge on any atom is -0.340 e. The fourth-order valence-electron chi connectivity index (χ4n) is 2.81. The number of hydrogen-bond donors (Lipinski definition) is 1. The number of nitrogens with zero attached hydrogens (tertiary/aromatic N) is 4. The van der Waals surface area contributed by atoms with Crippen molar-refractivity contribution < 1.29 is 9.59 Å². The summed E-state index contributed by atoms with van der Waals surface area (Å²) in [5.74, 6) is 0.933. The summed E-state index contributed by atoms with van der Waals surface area (Å²) in [5.41, 5.74) is 1.16. The monoisotopic (exact) mass is 373 g/mol. The van der Waals surface area contributed by atoms with Crippen LogP contribution in [0.3, 0.4) is 0 Å². The van der Waals surface area contributed by atoms with Gasteiger partial charge in [-0.25, -0.2) is 9.97 Å². The van der Waals surface area contributed by atoms with Gasteiger partial charge in [-0.15, -0.1) is 0 Å². The van der Waals surface area contributed by atoms with E-state index in [2.05, 4.69) is 15.3 Å². The highest BCUT2D eigenvalue weighted by molar-refractivity contribution is 6.30. The third-order valence-electron chi connectivity index (χ3n) is 4.19. The van der Waals surface area contributed by atoms with Crippen molar-refractivity contribution >= 4 is 34.9 Å². The minimum absolute atomic E-state index is 0.0319. The molecular weight excluding hydrogens is 354 g/mol. The molecule has 0 unspecified atom stereocenters. The second-order valence-corrected chi connectivity index (χ2v) is 6.55. The van der Waals surface area contributed by atoms with Crippen molar-refractivity contribution in [2.75, 3.05) is 31.5 Å². The summed E-state index contributed by atoms with van der Waals surface area (Å²) in [4.78, 5) is 36.2. The van der Waals surface area contributed by atoms with Crippen LogP contribution in [0.15, 0.2) is 30.3 Å². The highest BCUT2D eigenvalue weighted by Gasteiger charge is 2.24. The van der Waals surface area contributed by atoms with Gasteiger partial charge >= 0.3 is 0 Å². The number of aryl methyl sites for hydroxylation is 1. The molecule has 1 saturated heterocycles. The molecule has 1 aromatic heterocycles. The van der Waals surface area contributed by atoms with Crippen molar-refractivity contribution in [3.63, 3.8) is 0 Å². The first kappa shape index (κ1) is 18.1. The SMILES string of the molecule is CC(=O)N1CCN(C(=O)c2cc(Nc3ccc(Cl)cc3)nc(C)n2)CC1. The largest absolute Gasteiger partial charge is 0.340 e. The van der Waals surface area contributed by atoms with E-state index in [1.165, 1.54) is 0 Å². The highest BCUT2D eigenvalue weighted by Crippen LogP contribution is 2.19. The lowest BCUT2D eigenvalue weighted by Crippen LogP contribution is -2.50. The maximum Gasteiger partial charge on any atom is 0.272 e. The lowest BCUT2D eigenvalue weighted by molar-refractivity contribution is -0.130. The predicted octanol–water partition coefficient (Wildman–Crippen LogP) is 2.49. The Morgan fingerprint density at radius 3 is 2.27 bits per heavy atom. The first-order valence-electron chi connectivity index (χ1n) is 8.35. The fraction of sp³-hybridized carbons (Fsp3) is 0.333. The van der Waals surface area contributed by atoms with Gasteiger partial charge < -0.3 is 15.1 Å². The Hall–Kier alpha value is -2.67. The lowest BCUT2D eigenvalue weighted by atomic mass is 10.2. The van der Waals surface area contributed by atoms with Gasteiger partial charge in [0.1, 0.15) is 17.3 Å². The van der Waals surface area contributed by atoms with Gasteiger partial charge in [0.05, 0.1) is 0 Å². The van der Waals surface area contributed by atoms with Crippen LogP contribution in [-0.4, -0.2) is 57.8 Å². The molecular formula is C18H20ClN5O2. The average Bonchev–Trinajstić information content (AvgIpc) is 2.62. The number of aromatic nitrogens is 2. The molecule has 2 aromatic rings. The summed E-state index contributed by atoms with van der Waals surface area (Å²) >= 11 is 5.89. The van der Waals surface area contributed by atoms with Crippen LogP contribution in [0.2, 0.25) is 5.02 Å². The maximum absolute atomic E-state index is 12.8. The van der Waals surface area contributed by atoms with E-state index < -0.39 is 0 Å². The zero-order chi connectivity index (χ0) is 18.7. The summed E-state index contributed by atoms with van der Waals surface area (Å²) in [6.45, 7) is 5.38. The molecule has 1 aliphatic heterocycles. The number of hydrogen-bond acceptors (Lipinski definition) is 5. The summed E-state index contributed by atoms with van der Waals surface area (Å²) in [6.07, 6.45) is 0. The van der Waals surface area contributed by atoms with E-state index in [1.54, 1.807) is 41.8 Å². The predicted molar refractivity (Wildman–Crippen MR) is 99.7 cm³/mol. The molecule has 0 aliphatic carbocycles. The molecule has 136 valence electrons. The first-order chi connectivity index (χ1) is 12.4.